The summed E-state index contributed by atoms with van der Waals surface area (Å²) < 4.78 is 5.74. The van der Waals surface area contributed by atoms with Crippen LogP contribution in [0.1, 0.15) is 51.9 Å². The quantitative estimate of drug-likeness (QED) is 0.610. The minimum Gasteiger partial charge on any atom is -0.394 e. The molecule has 0 unspecified atom stereocenters. The molecule has 3 N–H and O–H groups in total. The van der Waals surface area contributed by atoms with Gasteiger partial charge in [-0.15, -0.1) is 0 Å². The molecular formula is C18H30N2O4. The highest BCUT2D eigenvalue weighted by Crippen LogP contribution is 2.23. The van der Waals surface area contributed by atoms with Gasteiger partial charge in [0, 0.05) is 13.0 Å². The Morgan fingerprint density at radius 2 is 1.92 bits per heavy atom. The molecule has 0 radical (unpaired) electrons. The Morgan fingerprint density at radius 3 is 2.58 bits per heavy atom. The van der Waals surface area contributed by atoms with Gasteiger partial charge in [0.25, 0.3) is 0 Å². The minimum absolute atomic E-state index is 0.0250. The van der Waals surface area contributed by atoms with Crippen molar-refractivity contribution in [3.8, 4) is 0 Å². The lowest BCUT2D eigenvalue weighted by atomic mass is 9.89. The Labute approximate surface area is 144 Å². The average molecular weight is 338 g/mol. The van der Waals surface area contributed by atoms with Gasteiger partial charge in [-0.2, -0.15) is 0 Å². The molecule has 1 aliphatic carbocycles. The fourth-order valence-electron chi connectivity index (χ4n) is 3.33. The van der Waals surface area contributed by atoms with Gasteiger partial charge in [-0.3, -0.25) is 9.59 Å². The molecule has 1 saturated carbocycles. The topological polar surface area (TPSA) is 87.7 Å². The van der Waals surface area contributed by atoms with E-state index in [2.05, 4.69) is 10.6 Å². The van der Waals surface area contributed by atoms with Gasteiger partial charge in [0.2, 0.25) is 11.8 Å². The molecule has 0 spiro atoms. The first-order valence-corrected chi connectivity index (χ1v) is 9.13. The lowest BCUT2D eigenvalue weighted by Gasteiger charge is -2.31. The van der Waals surface area contributed by atoms with Crippen LogP contribution in [-0.2, 0) is 14.3 Å². The second-order valence-corrected chi connectivity index (χ2v) is 6.74. The lowest BCUT2D eigenvalue weighted by Crippen LogP contribution is -2.49. The van der Waals surface area contributed by atoms with Crippen molar-refractivity contribution in [2.45, 2.75) is 70.1 Å². The summed E-state index contributed by atoms with van der Waals surface area (Å²) in [6, 6.07) is -0.344. The molecule has 2 rings (SSSR count). The van der Waals surface area contributed by atoms with Gasteiger partial charge >= 0.3 is 0 Å². The van der Waals surface area contributed by atoms with Crippen molar-refractivity contribution in [2.75, 3.05) is 13.2 Å². The second-order valence-electron chi connectivity index (χ2n) is 6.74. The van der Waals surface area contributed by atoms with E-state index in [0.717, 1.165) is 6.54 Å². The van der Waals surface area contributed by atoms with Crippen LogP contribution in [0.25, 0.3) is 0 Å². The van der Waals surface area contributed by atoms with E-state index in [1.54, 1.807) is 13.0 Å². The summed E-state index contributed by atoms with van der Waals surface area (Å²) in [6.45, 7) is 2.32. The van der Waals surface area contributed by atoms with E-state index < -0.39 is 6.10 Å². The number of ether oxygens (including phenoxy) is 1. The van der Waals surface area contributed by atoms with Crippen LogP contribution in [0.5, 0.6) is 0 Å². The molecule has 0 aromatic heterocycles. The van der Waals surface area contributed by atoms with E-state index >= 15 is 0 Å². The number of amides is 2. The van der Waals surface area contributed by atoms with Gasteiger partial charge in [0.15, 0.2) is 0 Å². The van der Waals surface area contributed by atoms with Crippen LogP contribution in [0.4, 0.5) is 0 Å². The number of nitrogens with one attached hydrogen (secondary N) is 2. The Balaban J connectivity index is 1.76. The average Bonchev–Trinajstić information content (AvgIpc) is 2.62. The summed E-state index contributed by atoms with van der Waals surface area (Å²) >= 11 is 0. The highest BCUT2D eigenvalue weighted by atomic mass is 16.5. The van der Waals surface area contributed by atoms with Gasteiger partial charge in [0.05, 0.1) is 25.2 Å². The van der Waals surface area contributed by atoms with Crippen molar-refractivity contribution in [2.24, 2.45) is 5.92 Å². The Bertz CT molecular complexity index is 446. The van der Waals surface area contributed by atoms with E-state index in [0.29, 0.717) is 12.3 Å². The first kappa shape index (κ1) is 18.9. The molecule has 3 atom stereocenters. The molecule has 1 heterocycles. The standard InChI is InChI=1S/C18H30N2O4/c1-2-17(22)20-15-9-8-14(24-16(15)12-21)10-18(23)19-11-13-6-4-3-5-7-13/h8-9,13-16,21H,2-7,10-12H2,1H3,(H,19,23)(H,20,22)/t14-,15-,16-/m0/s1. The van der Waals surface area contributed by atoms with Gasteiger partial charge in [-0.25, -0.2) is 0 Å². The predicted octanol–water partition coefficient (Wildman–Crippen LogP) is 1.28. The fourth-order valence-corrected chi connectivity index (χ4v) is 3.33. The van der Waals surface area contributed by atoms with Crippen LogP contribution < -0.4 is 10.6 Å². The third-order valence-corrected chi connectivity index (χ3v) is 4.81. The maximum Gasteiger partial charge on any atom is 0.222 e. The monoisotopic (exact) mass is 338 g/mol. The van der Waals surface area contributed by atoms with Crippen molar-refractivity contribution in [3.63, 3.8) is 0 Å². The molecule has 1 fully saturated rings. The van der Waals surface area contributed by atoms with Crippen molar-refractivity contribution in [3.05, 3.63) is 12.2 Å². The molecule has 136 valence electrons. The first-order chi connectivity index (χ1) is 11.6. The van der Waals surface area contributed by atoms with Crippen molar-refractivity contribution < 1.29 is 19.4 Å². The number of hydrogen-bond acceptors (Lipinski definition) is 4. The van der Waals surface area contributed by atoms with Crippen LogP contribution in [0.3, 0.4) is 0 Å². The second kappa shape index (κ2) is 9.79. The number of aliphatic hydroxyl groups excluding tert-OH is 1. The fraction of sp³-hybridized carbons (Fsp3) is 0.778. The van der Waals surface area contributed by atoms with E-state index in [4.69, 9.17) is 4.74 Å². The highest BCUT2D eigenvalue weighted by molar-refractivity contribution is 5.77. The summed E-state index contributed by atoms with van der Waals surface area (Å²) in [6.07, 6.45) is 9.61. The maximum atomic E-state index is 12.1. The number of rotatable bonds is 7. The van der Waals surface area contributed by atoms with Crippen LogP contribution in [0.15, 0.2) is 12.2 Å². The molecule has 6 nitrogen and oxygen atoms in total. The third-order valence-electron chi connectivity index (χ3n) is 4.81. The minimum atomic E-state index is -0.512. The zero-order chi connectivity index (χ0) is 17.4. The van der Waals surface area contributed by atoms with E-state index in [9.17, 15) is 14.7 Å². The summed E-state index contributed by atoms with van der Waals surface area (Å²) in [7, 11) is 0. The SMILES string of the molecule is CCC(=O)N[C@H]1C=C[C@@H](CC(=O)NCC2CCCCC2)O[C@H]1CO. The van der Waals surface area contributed by atoms with Crippen LogP contribution >= 0.6 is 0 Å². The summed E-state index contributed by atoms with van der Waals surface area (Å²) in [5, 5.41) is 15.3. The number of hydrogen-bond donors (Lipinski definition) is 3. The Kier molecular flexibility index (Phi) is 7.72. The van der Waals surface area contributed by atoms with Crippen LogP contribution in [-0.4, -0.2) is 48.3 Å². The summed E-state index contributed by atoms with van der Waals surface area (Å²) in [4.78, 5) is 23.6. The molecule has 0 bridgehead atoms. The maximum absolute atomic E-state index is 12.1. The number of aliphatic hydroxyl groups is 1. The molecule has 6 heteroatoms. The Morgan fingerprint density at radius 1 is 1.17 bits per heavy atom. The molecular weight excluding hydrogens is 308 g/mol. The normalized spacial score (nSPS) is 27.7. The van der Waals surface area contributed by atoms with Gasteiger partial charge in [-0.05, 0) is 18.8 Å². The molecule has 24 heavy (non-hydrogen) atoms. The summed E-state index contributed by atoms with van der Waals surface area (Å²) in [5.41, 5.74) is 0. The molecule has 0 aromatic rings. The number of carbonyl (C=O) groups is 2. The van der Waals surface area contributed by atoms with Gasteiger partial charge in [-0.1, -0.05) is 38.3 Å². The van der Waals surface area contributed by atoms with Gasteiger partial charge < -0.3 is 20.5 Å². The molecule has 2 aliphatic rings. The smallest absolute Gasteiger partial charge is 0.222 e. The third kappa shape index (κ3) is 5.91. The molecule has 0 aromatic carbocycles. The van der Waals surface area contributed by atoms with Crippen molar-refractivity contribution >= 4 is 11.8 Å². The van der Waals surface area contributed by atoms with Crippen molar-refractivity contribution in [1.82, 2.24) is 10.6 Å². The number of carbonyl (C=O) groups excluding carboxylic acids is 2. The predicted molar refractivity (Wildman–Crippen MR) is 91.3 cm³/mol. The van der Waals surface area contributed by atoms with E-state index in [1.165, 1.54) is 32.1 Å². The van der Waals surface area contributed by atoms with E-state index in [1.807, 2.05) is 6.08 Å². The molecule has 2 amide bonds. The Hall–Kier alpha value is -1.40. The van der Waals surface area contributed by atoms with Crippen LogP contribution in [0.2, 0.25) is 0 Å². The molecule has 1 aliphatic heterocycles. The van der Waals surface area contributed by atoms with Crippen molar-refractivity contribution in [1.29, 1.82) is 0 Å². The molecule has 0 saturated heterocycles. The highest BCUT2D eigenvalue weighted by Gasteiger charge is 2.28. The summed E-state index contributed by atoms with van der Waals surface area (Å²) in [5.74, 6) is 0.489. The van der Waals surface area contributed by atoms with E-state index in [-0.39, 0.29) is 37.0 Å². The van der Waals surface area contributed by atoms with Crippen LogP contribution in [0, 0.1) is 5.92 Å². The largest absolute Gasteiger partial charge is 0.394 e. The lowest BCUT2D eigenvalue weighted by molar-refractivity contribution is -0.128. The first-order valence-electron chi connectivity index (χ1n) is 9.13. The zero-order valence-electron chi connectivity index (χ0n) is 14.5. The van der Waals surface area contributed by atoms with Gasteiger partial charge in [0.1, 0.15) is 6.10 Å². The zero-order valence-corrected chi connectivity index (χ0v) is 14.5.